The molecule has 2 nitrogen and oxygen atoms in total. The largest absolute Gasteiger partial charge is 0.387 e. The molecule has 0 saturated carbocycles. The van der Waals surface area contributed by atoms with E-state index in [-0.39, 0.29) is 0 Å². The molecule has 1 atom stereocenters. The minimum absolute atomic E-state index is 0.497. The zero-order valence-corrected chi connectivity index (χ0v) is 10.1. The van der Waals surface area contributed by atoms with Crippen molar-refractivity contribution in [2.24, 2.45) is 0 Å². The molecule has 1 fully saturated rings. The van der Waals surface area contributed by atoms with Crippen molar-refractivity contribution in [3.63, 3.8) is 0 Å². The molecule has 1 unspecified atom stereocenters. The zero-order valence-electron chi connectivity index (χ0n) is 10.1. The van der Waals surface area contributed by atoms with Gasteiger partial charge >= 0.3 is 0 Å². The van der Waals surface area contributed by atoms with E-state index in [1.807, 2.05) is 0 Å². The first-order valence-electron chi connectivity index (χ1n) is 6.57. The molecular formula is C13H26O2. The number of rotatable bonds is 7. The Morgan fingerprint density at radius 2 is 1.87 bits per heavy atom. The Labute approximate surface area is 94.0 Å². The predicted molar refractivity (Wildman–Crippen MR) is 63.0 cm³/mol. The minimum atomic E-state index is -0.497. The smallest absolute Gasteiger partial charge is 0.0881 e. The van der Waals surface area contributed by atoms with Crippen molar-refractivity contribution in [3.05, 3.63) is 0 Å². The summed E-state index contributed by atoms with van der Waals surface area (Å²) < 4.78 is 5.33. The molecule has 0 aliphatic carbocycles. The molecule has 1 heterocycles. The van der Waals surface area contributed by atoms with Gasteiger partial charge in [0.15, 0.2) is 0 Å². The fraction of sp³-hybridized carbons (Fsp3) is 1.00. The number of ether oxygens (including phenoxy) is 1. The lowest BCUT2D eigenvalue weighted by molar-refractivity contribution is -0.0906. The number of unbranched alkanes of at least 4 members (excludes halogenated alkanes) is 5. The molecule has 0 bridgehead atoms. The van der Waals surface area contributed by atoms with Crippen LogP contribution in [0.4, 0.5) is 0 Å². The lowest BCUT2D eigenvalue weighted by atomic mass is 9.90. The van der Waals surface area contributed by atoms with E-state index in [0.717, 1.165) is 32.3 Å². The summed E-state index contributed by atoms with van der Waals surface area (Å²) in [6.07, 6.45) is 10.6. The van der Waals surface area contributed by atoms with Gasteiger partial charge in [-0.25, -0.2) is 0 Å². The van der Waals surface area contributed by atoms with Crippen molar-refractivity contribution in [3.8, 4) is 0 Å². The summed E-state index contributed by atoms with van der Waals surface area (Å²) in [6, 6.07) is 0. The first-order chi connectivity index (χ1) is 7.27. The number of hydrogen-bond donors (Lipinski definition) is 1. The molecule has 90 valence electrons. The van der Waals surface area contributed by atoms with E-state index in [9.17, 15) is 5.11 Å². The molecule has 0 aromatic carbocycles. The van der Waals surface area contributed by atoms with Crippen LogP contribution >= 0.6 is 0 Å². The third-order valence-corrected chi connectivity index (χ3v) is 3.30. The maximum atomic E-state index is 10.1. The highest BCUT2D eigenvalue weighted by atomic mass is 16.5. The van der Waals surface area contributed by atoms with Crippen molar-refractivity contribution in [1.82, 2.24) is 0 Å². The van der Waals surface area contributed by atoms with E-state index in [2.05, 4.69) is 6.92 Å². The van der Waals surface area contributed by atoms with E-state index in [0.29, 0.717) is 6.61 Å². The first-order valence-corrected chi connectivity index (χ1v) is 6.57. The van der Waals surface area contributed by atoms with Crippen molar-refractivity contribution in [2.75, 3.05) is 13.2 Å². The maximum absolute atomic E-state index is 10.1. The molecule has 2 heteroatoms. The van der Waals surface area contributed by atoms with Crippen LogP contribution in [0.5, 0.6) is 0 Å². The monoisotopic (exact) mass is 214 g/mol. The fourth-order valence-corrected chi connectivity index (χ4v) is 2.27. The molecule has 1 aliphatic heterocycles. The average molecular weight is 214 g/mol. The summed E-state index contributed by atoms with van der Waals surface area (Å²) in [5.74, 6) is 0. The van der Waals surface area contributed by atoms with Gasteiger partial charge in [0.25, 0.3) is 0 Å². The second kappa shape index (κ2) is 7.24. The molecule has 0 radical (unpaired) electrons. The van der Waals surface area contributed by atoms with E-state index >= 15 is 0 Å². The minimum Gasteiger partial charge on any atom is -0.387 e. The lowest BCUT2D eigenvalue weighted by Gasteiger charge is -2.31. The van der Waals surface area contributed by atoms with Gasteiger partial charge in [-0.2, -0.15) is 0 Å². The van der Waals surface area contributed by atoms with Gasteiger partial charge < -0.3 is 9.84 Å². The van der Waals surface area contributed by atoms with Crippen molar-refractivity contribution in [1.29, 1.82) is 0 Å². The Bertz CT molecular complexity index is 151. The van der Waals surface area contributed by atoms with Crippen molar-refractivity contribution < 1.29 is 9.84 Å². The summed E-state index contributed by atoms with van der Waals surface area (Å²) in [5.41, 5.74) is -0.497. The van der Waals surface area contributed by atoms with Gasteiger partial charge in [0.2, 0.25) is 0 Å². The van der Waals surface area contributed by atoms with Gasteiger partial charge in [-0.3, -0.25) is 0 Å². The molecule has 1 rings (SSSR count). The van der Waals surface area contributed by atoms with Crippen LogP contribution in [0, 0.1) is 0 Å². The van der Waals surface area contributed by atoms with Gasteiger partial charge in [0, 0.05) is 6.61 Å². The summed E-state index contributed by atoms with van der Waals surface area (Å²) >= 11 is 0. The highest BCUT2D eigenvalue weighted by Gasteiger charge is 2.28. The Kier molecular flexibility index (Phi) is 6.26. The lowest BCUT2D eigenvalue weighted by Crippen LogP contribution is -2.38. The quantitative estimate of drug-likeness (QED) is 0.659. The van der Waals surface area contributed by atoms with Crippen LogP contribution < -0.4 is 0 Å². The highest BCUT2D eigenvalue weighted by molar-refractivity contribution is 4.80. The van der Waals surface area contributed by atoms with Crippen LogP contribution in [0.3, 0.4) is 0 Å². The number of aliphatic hydroxyl groups is 1. The molecule has 0 spiro atoms. The summed E-state index contributed by atoms with van der Waals surface area (Å²) in [4.78, 5) is 0. The molecule has 0 amide bonds. The zero-order chi connectivity index (χ0) is 11.0. The van der Waals surface area contributed by atoms with Crippen LogP contribution in [0.15, 0.2) is 0 Å². The summed E-state index contributed by atoms with van der Waals surface area (Å²) in [6.45, 7) is 3.63. The number of hydrogen-bond acceptors (Lipinski definition) is 2. The predicted octanol–water partition coefficient (Wildman–Crippen LogP) is 3.28. The Balaban J connectivity index is 1.98. The van der Waals surface area contributed by atoms with Gasteiger partial charge in [0.05, 0.1) is 12.2 Å². The average Bonchev–Trinajstić information content (AvgIpc) is 2.24. The first kappa shape index (κ1) is 13.0. The van der Waals surface area contributed by atoms with E-state index < -0.39 is 5.60 Å². The fourth-order valence-electron chi connectivity index (χ4n) is 2.27. The molecule has 1 N–H and O–H groups in total. The van der Waals surface area contributed by atoms with E-state index in [1.165, 1.54) is 32.1 Å². The van der Waals surface area contributed by atoms with Crippen molar-refractivity contribution in [2.45, 2.75) is 70.3 Å². The van der Waals surface area contributed by atoms with Gasteiger partial charge in [-0.05, 0) is 19.3 Å². The van der Waals surface area contributed by atoms with Crippen LogP contribution in [0.2, 0.25) is 0 Å². The molecule has 1 aliphatic rings. The van der Waals surface area contributed by atoms with Gasteiger partial charge in [-0.1, -0.05) is 45.4 Å². The van der Waals surface area contributed by atoms with Crippen LogP contribution in [-0.2, 0) is 4.74 Å². The summed E-state index contributed by atoms with van der Waals surface area (Å²) in [7, 11) is 0. The SMILES string of the molecule is CCCCCCCCC1(O)CCCOC1. The van der Waals surface area contributed by atoms with Crippen LogP contribution in [-0.4, -0.2) is 23.9 Å². The molecule has 15 heavy (non-hydrogen) atoms. The second-order valence-corrected chi connectivity index (χ2v) is 4.90. The van der Waals surface area contributed by atoms with Crippen LogP contribution in [0.1, 0.15) is 64.7 Å². The Hall–Kier alpha value is -0.0800. The molecule has 0 aromatic heterocycles. The topological polar surface area (TPSA) is 29.5 Å². The van der Waals surface area contributed by atoms with E-state index in [1.54, 1.807) is 0 Å². The highest BCUT2D eigenvalue weighted by Crippen LogP contribution is 2.25. The third kappa shape index (κ3) is 5.53. The molecule has 1 saturated heterocycles. The second-order valence-electron chi connectivity index (χ2n) is 4.90. The van der Waals surface area contributed by atoms with Crippen LogP contribution in [0.25, 0.3) is 0 Å². The molecule has 0 aromatic rings. The van der Waals surface area contributed by atoms with Gasteiger partial charge in [-0.15, -0.1) is 0 Å². The standard InChI is InChI=1S/C13H26O2/c1-2-3-4-5-6-7-9-13(14)10-8-11-15-12-13/h14H,2-12H2,1H3. The summed E-state index contributed by atoms with van der Waals surface area (Å²) in [5, 5.41) is 10.1. The Morgan fingerprint density at radius 1 is 1.13 bits per heavy atom. The third-order valence-electron chi connectivity index (χ3n) is 3.30. The normalized spacial score (nSPS) is 26.8. The van der Waals surface area contributed by atoms with Crippen molar-refractivity contribution >= 4 is 0 Å². The van der Waals surface area contributed by atoms with E-state index in [4.69, 9.17) is 4.74 Å². The van der Waals surface area contributed by atoms with Gasteiger partial charge in [0.1, 0.15) is 0 Å². The maximum Gasteiger partial charge on any atom is 0.0881 e. The molecular weight excluding hydrogens is 188 g/mol. The Morgan fingerprint density at radius 3 is 2.53 bits per heavy atom.